The van der Waals surface area contributed by atoms with E-state index in [0.29, 0.717) is 0 Å². The van der Waals surface area contributed by atoms with E-state index in [1.807, 2.05) is 55.0 Å². The summed E-state index contributed by atoms with van der Waals surface area (Å²) in [4.78, 5) is 13.7. The highest BCUT2D eigenvalue weighted by Crippen LogP contribution is 2.42. The van der Waals surface area contributed by atoms with E-state index >= 15 is 0 Å². The Bertz CT molecular complexity index is 2690. The van der Waals surface area contributed by atoms with E-state index < -0.39 is 0 Å². The number of hydrogen-bond donors (Lipinski definition) is 0. The lowest BCUT2D eigenvalue weighted by atomic mass is 9.86. The van der Waals surface area contributed by atoms with E-state index in [2.05, 4.69) is 197 Å². The molecule has 0 fully saturated rings. The average Bonchev–Trinajstić information content (AvgIpc) is 3.35. The van der Waals surface area contributed by atoms with Crippen molar-refractivity contribution in [3.05, 3.63) is 237 Å². The van der Waals surface area contributed by atoms with Gasteiger partial charge >= 0.3 is 0 Å². The molecule has 7 aromatic carbocycles. The maximum absolute atomic E-state index is 4.58. The van der Waals surface area contributed by atoms with Crippen molar-refractivity contribution in [3.63, 3.8) is 0 Å². The summed E-state index contributed by atoms with van der Waals surface area (Å²) < 4.78 is 0. The molecule has 0 bridgehead atoms. The lowest BCUT2D eigenvalue weighted by Crippen LogP contribution is -1.92. The fourth-order valence-corrected chi connectivity index (χ4v) is 8.12. The first-order valence-electron chi connectivity index (χ1n) is 20.2. The van der Waals surface area contributed by atoms with Crippen LogP contribution in [-0.4, -0.2) is 23.4 Å². The van der Waals surface area contributed by atoms with Gasteiger partial charge in [0.2, 0.25) is 0 Å². The van der Waals surface area contributed by atoms with Gasteiger partial charge in [0.25, 0.3) is 0 Å². The van der Waals surface area contributed by atoms with Gasteiger partial charge in [-0.2, -0.15) is 0 Å². The Kier molecular flexibility index (Phi) is 11.1. The van der Waals surface area contributed by atoms with Crippen LogP contribution >= 0.6 is 0 Å². The molecule has 0 amide bonds. The average molecular weight is 777 g/mol. The first kappa shape index (κ1) is 38.6. The summed E-state index contributed by atoms with van der Waals surface area (Å²) in [5.74, 6) is 0. The summed E-state index contributed by atoms with van der Waals surface area (Å²) in [6.45, 7) is 0. The first-order valence-corrected chi connectivity index (χ1v) is 20.2. The van der Waals surface area contributed by atoms with Crippen molar-refractivity contribution in [2.75, 3.05) is 0 Å². The van der Waals surface area contributed by atoms with Gasteiger partial charge in [-0.15, -0.1) is 0 Å². The minimum atomic E-state index is 0. The third kappa shape index (κ3) is 8.08. The van der Waals surface area contributed by atoms with Crippen LogP contribution in [0.4, 0.5) is 0 Å². The van der Waals surface area contributed by atoms with Gasteiger partial charge in [-0.25, -0.2) is 0 Å². The Morgan fingerprint density at radius 1 is 0.197 bits per heavy atom. The van der Waals surface area contributed by atoms with Crippen molar-refractivity contribution in [2.45, 2.75) is 0 Å². The molecule has 10 aromatic rings. The van der Waals surface area contributed by atoms with Gasteiger partial charge < -0.3 is 0 Å². The molecule has 0 spiro atoms. The summed E-state index contributed by atoms with van der Waals surface area (Å²) in [5, 5.41) is 0. The quantitative estimate of drug-likeness (QED) is 0.137. The second-order valence-corrected chi connectivity index (χ2v) is 14.8. The molecule has 0 unspecified atom stereocenters. The molecule has 0 N–H and O–H groups in total. The van der Waals surface area contributed by atoms with Gasteiger partial charge in [-0.3, -0.25) is 15.0 Å². The Hall–Kier alpha value is -7.95. The molecule has 3 radical (unpaired) electrons. The van der Waals surface area contributed by atoms with Crippen LogP contribution in [0.5, 0.6) is 0 Å². The highest BCUT2D eigenvalue weighted by molar-refractivity contribution is 5.94. The van der Waals surface area contributed by atoms with Crippen molar-refractivity contribution >= 4 is 8.41 Å². The monoisotopic (exact) mass is 776 g/mol. The molecule has 285 valence electrons. The van der Waals surface area contributed by atoms with Crippen LogP contribution in [0.15, 0.2) is 237 Å². The second-order valence-electron chi connectivity index (χ2n) is 14.8. The van der Waals surface area contributed by atoms with Crippen LogP contribution in [0.2, 0.25) is 0 Å². The van der Waals surface area contributed by atoms with Gasteiger partial charge in [-0.1, -0.05) is 164 Å². The van der Waals surface area contributed by atoms with Gasteiger partial charge in [0, 0.05) is 43.7 Å². The maximum Gasteiger partial charge on any atom is 0.0701 e. The van der Waals surface area contributed by atoms with Crippen LogP contribution in [-0.2, 0) is 0 Å². The van der Waals surface area contributed by atoms with Crippen molar-refractivity contribution in [1.82, 2.24) is 15.0 Å². The SMILES string of the molecule is [B].c1ccc(-c2ccc(-c3ccccc3-c3cc(-c4ccccc4-c4ccc(-c5ccccn5)cc4)cc(-c4ccccc4-c4ccc(-c5ccccn5)cc4)c3)cc2)nc1. The summed E-state index contributed by atoms with van der Waals surface area (Å²) >= 11 is 0. The fourth-order valence-electron chi connectivity index (χ4n) is 8.12. The van der Waals surface area contributed by atoms with E-state index in [0.717, 1.165) is 67.2 Å². The van der Waals surface area contributed by atoms with E-state index in [1.165, 1.54) is 33.4 Å². The third-order valence-corrected chi connectivity index (χ3v) is 11.1. The molecule has 3 heterocycles. The van der Waals surface area contributed by atoms with E-state index in [1.54, 1.807) is 0 Å². The van der Waals surface area contributed by atoms with Gasteiger partial charge in [0.1, 0.15) is 0 Å². The smallest absolute Gasteiger partial charge is 0.0701 e. The molecule has 10 rings (SSSR count). The number of benzene rings is 7. The number of hydrogen-bond acceptors (Lipinski definition) is 3. The Labute approximate surface area is 359 Å². The van der Waals surface area contributed by atoms with Crippen molar-refractivity contribution in [3.8, 4) is 101 Å². The van der Waals surface area contributed by atoms with E-state index in [-0.39, 0.29) is 8.41 Å². The maximum atomic E-state index is 4.58. The fraction of sp³-hybridized carbons (Fsp3) is 0. The number of pyridine rings is 3. The molecule has 3 nitrogen and oxygen atoms in total. The van der Waals surface area contributed by atoms with E-state index in [4.69, 9.17) is 0 Å². The lowest BCUT2D eigenvalue weighted by molar-refractivity contribution is 1.33. The van der Waals surface area contributed by atoms with Crippen molar-refractivity contribution < 1.29 is 0 Å². The van der Waals surface area contributed by atoms with E-state index in [9.17, 15) is 0 Å². The summed E-state index contributed by atoms with van der Waals surface area (Å²) in [5.41, 5.74) is 20.1. The Balaban J connectivity index is 0.00000476. The topological polar surface area (TPSA) is 38.7 Å². The number of nitrogens with zero attached hydrogens (tertiary/aromatic N) is 3. The third-order valence-electron chi connectivity index (χ3n) is 11.1. The zero-order valence-electron chi connectivity index (χ0n) is 33.4. The number of rotatable bonds is 9. The largest absolute Gasteiger partial charge is 0.256 e. The van der Waals surface area contributed by atoms with Gasteiger partial charge in [0.05, 0.1) is 17.1 Å². The summed E-state index contributed by atoms with van der Waals surface area (Å²) in [7, 11) is 0. The molecule has 61 heavy (non-hydrogen) atoms. The normalized spacial score (nSPS) is 10.8. The van der Waals surface area contributed by atoms with Crippen LogP contribution < -0.4 is 0 Å². The van der Waals surface area contributed by atoms with Crippen molar-refractivity contribution in [1.29, 1.82) is 0 Å². The second kappa shape index (κ2) is 17.5. The van der Waals surface area contributed by atoms with Gasteiger partial charge in [-0.05, 0) is 121 Å². The van der Waals surface area contributed by atoms with Gasteiger partial charge in [0.15, 0.2) is 0 Å². The zero-order valence-corrected chi connectivity index (χ0v) is 33.4. The summed E-state index contributed by atoms with van der Waals surface area (Å²) in [6, 6.07) is 77.7. The zero-order chi connectivity index (χ0) is 40.1. The van der Waals surface area contributed by atoms with Crippen LogP contribution in [0.25, 0.3) is 101 Å². The molecule has 0 aliphatic carbocycles. The van der Waals surface area contributed by atoms with Crippen molar-refractivity contribution in [2.24, 2.45) is 0 Å². The van der Waals surface area contributed by atoms with Crippen LogP contribution in [0, 0.1) is 0 Å². The standard InChI is InChI=1S/C57H39N3.B/c1-4-16-52(49(13-1)40-22-28-43(29-23-40)55-19-7-10-34-58-55)46-37-47(53-17-5-2-14-50(53)41-24-30-44(31-25-41)56-20-8-11-35-59-56)39-48(38-46)54-18-6-3-15-51(54)42-26-32-45(33-27-42)57-21-9-12-36-60-57;/h1-39H;. The molecule has 4 heteroatoms. The highest BCUT2D eigenvalue weighted by atomic mass is 14.7. The highest BCUT2D eigenvalue weighted by Gasteiger charge is 2.17. The molecule has 0 atom stereocenters. The molecular formula is C57H39BN3. The van der Waals surface area contributed by atoms with Crippen LogP contribution in [0.3, 0.4) is 0 Å². The Morgan fingerprint density at radius 3 is 0.639 bits per heavy atom. The molecule has 3 aromatic heterocycles. The number of aromatic nitrogens is 3. The molecular weight excluding hydrogens is 737 g/mol. The lowest BCUT2D eigenvalue weighted by Gasteiger charge is -2.18. The molecule has 0 aliphatic heterocycles. The minimum absolute atomic E-state index is 0. The van der Waals surface area contributed by atoms with Crippen LogP contribution in [0.1, 0.15) is 0 Å². The predicted octanol–water partition coefficient (Wildman–Crippen LogP) is 14.5. The summed E-state index contributed by atoms with van der Waals surface area (Å²) in [6.07, 6.45) is 5.52. The molecule has 0 saturated heterocycles. The predicted molar refractivity (Wildman–Crippen MR) is 255 cm³/mol. The molecule has 0 aliphatic rings. The first-order chi connectivity index (χ1) is 29.7. The molecule has 0 saturated carbocycles. The minimum Gasteiger partial charge on any atom is -0.256 e. The Morgan fingerprint density at radius 2 is 0.410 bits per heavy atom.